The lowest BCUT2D eigenvalue weighted by Gasteiger charge is -2.04. The van der Waals surface area contributed by atoms with Gasteiger partial charge in [0, 0.05) is 41.2 Å². The lowest BCUT2D eigenvalue weighted by Crippen LogP contribution is -1.90. The van der Waals surface area contributed by atoms with Crippen molar-refractivity contribution in [2.24, 2.45) is 7.05 Å². The number of hydrogen-bond acceptors (Lipinski definition) is 2. The van der Waals surface area contributed by atoms with Gasteiger partial charge in [-0.1, -0.05) is 15.9 Å². The van der Waals surface area contributed by atoms with Crippen molar-refractivity contribution in [3.63, 3.8) is 0 Å². The normalized spacial score (nSPS) is 10.8. The molecular formula is C15H11BrFN3. The summed E-state index contributed by atoms with van der Waals surface area (Å²) in [4.78, 5) is 4.00. The molecule has 2 aromatic heterocycles. The highest BCUT2D eigenvalue weighted by Crippen LogP contribution is 2.32. The molecule has 0 aliphatic carbocycles. The van der Waals surface area contributed by atoms with Gasteiger partial charge < -0.3 is 0 Å². The Labute approximate surface area is 124 Å². The van der Waals surface area contributed by atoms with E-state index in [4.69, 9.17) is 0 Å². The van der Waals surface area contributed by atoms with E-state index in [1.54, 1.807) is 23.1 Å². The number of aromatic nitrogens is 3. The zero-order valence-corrected chi connectivity index (χ0v) is 12.3. The molecule has 0 N–H and O–H groups in total. The van der Waals surface area contributed by atoms with Gasteiger partial charge >= 0.3 is 0 Å². The molecule has 1 aromatic carbocycles. The molecule has 0 amide bonds. The number of benzene rings is 1. The first-order valence-corrected chi connectivity index (χ1v) is 6.84. The Bertz CT molecular complexity index is 753. The quantitative estimate of drug-likeness (QED) is 0.709. The molecule has 3 rings (SSSR count). The van der Waals surface area contributed by atoms with E-state index in [0.29, 0.717) is 15.7 Å². The fourth-order valence-corrected chi connectivity index (χ4v) is 2.44. The zero-order valence-electron chi connectivity index (χ0n) is 10.7. The Morgan fingerprint density at radius 3 is 2.55 bits per heavy atom. The van der Waals surface area contributed by atoms with E-state index in [1.807, 2.05) is 31.4 Å². The van der Waals surface area contributed by atoms with E-state index in [9.17, 15) is 4.39 Å². The molecule has 0 radical (unpaired) electrons. The molecule has 0 aliphatic rings. The number of halogens is 2. The molecule has 2 heterocycles. The van der Waals surface area contributed by atoms with Crippen LogP contribution in [0.4, 0.5) is 4.39 Å². The van der Waals surface area contributed by atoms with Crippen molar-refractivity contribution in [1.82, 2.24) is 14.8 Å². The van der Waals surface area contributed by atoms with Gasteiger partial charge in [0.1, 0.15) is 11.5 Å². The van der Waals surface area contributed by atoms with E-state index in [1.165, 1.54) is 6.07 Å². The number of nitrogens with zero attached hydrogens (tertiary/aromatic N) is 3. The van der Waals surface area contributed by atoms with Gasteiger partial charge in [-0.3, -0.25) is 9.67 Å². The molecule has 0 aliphatic heterocycles. The fraction of sp³-hybridized carbons (Fsp3) is 0.0667. The smallest absolute Gasteiger partial charge is 0.133 e. The van der Waals surface area contributed by atoms with Crippen molar-refractivity contribution in [3.05, 3.63) is 59.2 Å². The van der Waals surface area contributed by atoms with Crippen LogP contribution in [-0.2, 0) is 7.05 Å². The second kappa shape index (κ2) is 5.17. The van der Waals surface area contributed by atoms with Crippen molar-refractivity contribution in [2.45, 2.75) is 0 Å². The van der Waals surface area contributed by atoms with Crippen LogP contribution in [0, 0.1) is 5.82 Å². The lowest BCUT2D eigenvalue weighted by molar-refractivity contribution is 0.629. The van der Waals surface area contributed by atoms with Crippen LogP contribution in [-0.4, -0.2) is 14.8 Å². The Hall–Kier alpha value is -2.01. The van der Waals surface area contributed by atoms with Crippen LogP contribution in [0.15, 0.2) is 53.4 Å². The highest BCUT2D eigenvalue weighted by Gasteiger charge is 2.15. The van der Waals surface area contributed by atoms with Gasteiger partial charge in [0.25, 0.3) is 0 Å². The summed E-state index contributed by atoms with van der Waals surface area (Å²) in [5, 5.41) is 4.39. The second-order valence-corrected chi connectivity index (χ2v) is 5.34. The standard InChI is InChI=1S/C15H11BrFN3/c1-20-9-13(10-4-6-18-7-5-10)15(19-20)12-3-2-11(16)8-14(12)17/h2-9H,1H3. The van der Waals surface area contributed by atoms with Crippen molar-refractivity contribution in [2.75, 3.05) is 0 Å². The van der Waals surface area contributed by atoms with Crippen molar-refractivity contribution in [1.29, 1.82) is 0 Å². The summed E-state index contributed by atoms with van der Waals surface area (Å²) in [5.74, 6) is -0.298. The molecule has 0 fully saturated rings. The predicted octanol–water partition coefficient (Wildman–Crippen LogP) is 4.05. The molecule has 20 heavy (non-hydrogen) atoms. The molecule has 0 saturated carbocycles. The van der Waals surface area contributed by atoms with Crippen LogP contribution in [0.3, 0.4) is 0 Å². The molecule has 5 heteroatoms. The summed E-state index contributed by atoms with van der Waals surface area (Å²) in [7, 11) is 1.82. The van der Waals surface area contributed by atoms with Gasteiger partial charge in [-0.15, -0.1) is 0 Å². The summed E-state index contributed by atoms with van der Waals surface area (Å²) in [6.45, 7) is 0. The number of aryl methyl sites for hydroxylation is 1. The Balaban J connectivity index is 2.20. The third-order valence-electron chi connectivity index (χ3n) is 3.01. The minimum Gasteiger partial charge on any atom is -0.275 e. The predicted molar refractivity (Wildman–Crippen MR) is 79.5 cm³/mol. The molecule has 0 atom stereocenters. The van der Waals surface area contributed by atoms with Crippen LogP contribution in [0.1, 0.15) is 0 Å². The summed E-state index contributed by atoms with van der Waals surface area (Å²) in [5.41, 5.74) is 2.96. The van der Waals surface area contributed by atoms with E-state index < -0.39 is 0 Å². The zero-order chi connectivity index (χ0) is 14.1. The maximum absolute atomic E-state index is 14.1. The molecule has 0 saturated heterocycles. The summed E-state index contributed by atoms with van der Waals surface area (Å²) in [6, 6.07) is 8.75. The molecular weight excluding hydrogens is 321 g/mol. The van der Waals surface area contributed by atoms with E-state index >= 15 is 0 Å². The largest absolute Gasteiger partial charge is 0.275 e. The van der Waals surface area contributed by atoms with E-state index in [-0.39, 0.29) is 5.82 Å². The highest BCUT2D eigenvalue weighted by molar-refractivity contribution is 9.10. The van der Waals surface area contributed by atoms with Gasteiger partial charge in [-0.05, 0) is 35.9 Å². The molecule has 100 valence electrons. The van der Waals surface area contributed by atoms with Gasteiger partial charge in [-0.25, -0.2) is 4.39 Å². The molecule has 0 bridgehead atoms. The first kappa shape index (κ1) is 13.0. The second-order valence-electron chi connectivity index (χ2n) is 4.43. The van der Waals surface area contributed by atoms with Crippen LogP contribution in [0.25, 0.3) is 22.4 Å². The first-order chi connectivity index (χ1) is 9.65. The van der Waals surface area contributed by atoms with Gasteiger partial charge in [0.2, 0.25) is 0 Å². The lowest BCUT2D eigenvalue weighted by atomic mass is 10.0. The average molecular weight is 332 g/mol. The number of pyridine rings is 1. The number of hydrogen-bond donors (Lipinski definition) is 0. The molecule has 0 spiro atoms. The van der Waals surface area contributed by atoms with E-state index in [0.717, 1.165) is 11.1 Å². The SMILES string of the molecule is Cn1cc(-c2ccncc2)c(-c2ccc(Br)cc2F)n1. The van der Waals surface area contributed by atoms with E-state index in [2.05, 4.69) is 26.0 Å². The third kappa shape index (κ3) is 2.36. The molecule has 3 nitrogen and oxygen atoms in total. The minimum absolute atomic E-state index is 0.298. The minimum atomic E-state index is -0.298. The number of rotatable bonds is 2. The van der Waals surface area contributed by atoms with Gasteiger partial charge in [0.15, 0.2) is 0 Å². The summed E-state index contributed by atoms with van der Waals surface area (Å²) in [6.07, 6.45) is 5.31. The Kier molecular flexibility index (Phi) is 3.36. The van der Waals surface area contributed by atoms with Gasteiger partial charge in [0.05, 0.1) is 0 Å². The molecule has 0 unspecified atom stereocenters. The van der Waals surface area contributed by atoms with Crippen LogP contribution >= 0.6 is 15.9 Å². The average Bonchev–Trinajstić information content (AvgIpc) is 2.81. The topological polar surface area (TPSA) is 30.7 Å². The van der Waals surface area contributed by atoms with Crippen molar-refractivity contribution in [3.8, 4) is 22.4 Å². The maximum Gasteiger partial charge on any atom is 0.133 e. The van der Waals surface area contributed by atoms with Crippen LogP contribution < -0.4 is 0 Å². The van der Waals surface area contributed by atoms with Crippen LogP contribution in [0.2, 0.25) is 0 Å². The summed E-state index contributed by atoms with van der Waals surface area (Å²) >= 11 is 3.26. The van der Waals surface area contributed by atoms with Crippen molar-refractivity contribution < 1.29 is 4.39 Å². The molecule has 3 aromatic rings. The Morgan fingerprint density at radius 1 is 1.10 bits per heavy atom. The highest BCUT2D eigenvalue weighted by atomic mass is 79.9. The van der Waals surface area contributed by atoms with Gasteiger partial charge in [-0.2, -0.15) is 5.10 Å². The van der Waals surface area contributed by atoms with Crippen LogP contribution in [0.5, 0.6) is 0 Å². The Morgan fingerprint density at radius 2 is 1.85 bits per heavy atom. The summed E-state index contributed by atoms with van der Waals surface area (Å²) < 4.78 is 16.5. The fourth-order valence-electron chi connectivity index (χ4n) is 2.11. The maximum atomic E-state index is 14.1. The monoisotopic (exact) mass is 331 g/mol. The third-order valence-corrected chi connectivity index (χ3v) is 3.50. The van der Waals surface area contributed by atoms with Crippen molar-refractivity contribution >= 4 is 15.9 Å². The first-order valence-electron chi connectivity index (χ1n) is 6.04.